The van der Waals surface area contributed by atoms with E-state index >= 15 is 0 Å². The lowest BCUT2D eigenvalue weighted by Crippen LogP contribution is -2.32. The van der Waals surface area contributed by atoms with E-state index in [9.17, 15) is 5.11 Å². The molecule has 1 N–H and O–H groups in total. The van der Waals surface area contributed by atoms with Crippen LogP contribution in [0.15, 0.2) is 0 Å². The van der Waals surface area contributed by atoms with Crippen molar-refractivity contribution in [3.05, 3.63) is 0 Å². The molecule has 0 aliphatic carbocycles. The zero-order valence-corrected chi connectivity index (χ0v) is 6.37. The number of hydrogen-bond acceptors (Lipinski definition) is 4. The third-order valence-corrected chi connectivity index (χ3v) is 1.12. The van der Waals surface area contributed by atoms with Crippen molar-refractivity contribution in [3.8, 4) is 12.1 Å². The molecule has 0 heterocycles. The van der Waals surface area contributed by atoms with Gasteiger partial charge in [-0.2, -0.15) is 10.5 Å². The molecule has 0 aromatic rings. The third-order valence-electron chi connectivity index (χ3n) is 1.12. The molecule has 0 radical (unpaired) electrons. The Kier molecular flexibility index (Phi) is 4.21. The molecule has 0 saturated heterocycles. The van der Waals surface area contributed by atoms with Crippen LogP contribution in [0.5, 0.6) is 0 Å². The maximum absolute atomic E-state index is 9.24. The van der Waals surface area contributed by atoms with Gasteiger partial charge in [0, 0.05) is 6.61 Å². The molecule has 4 heteroatoms. The van der Waals surface area contributed by atoms with E-state index in [1.165, 1.54) is 0 Å². The summed E-state index contributed by atoms with van der Waals surface area (Å²) in [5.41, 5.74) is -1.63. The topological polar surface area (TPSA) is 77.0 Å². The fourth-order valence-electron chi connectivity index (χ4n) is 0.525. The highest BCUT2D eigenvalue weighted by Crippen LogP contribution is 2.07. The van der Waals surface area contributed by atoms with Crippen molar-refractivity contribution >= 4 is 0 Å². The zero-order chi connectivity index (χ0) is 8.74. The monoisotopic (exact) mass is 154 g/mol. The van der Waals surface area contributed by atoms with Gasteiger partial charge in [0.2, 0.25) is 0 Å². The van der Waals surface area contributed by atoms with Crippen molar-refractivity contribution in [3.63, 3.8) is 0 Å². The van der Waals surface area contributed by atoms with Gasteiger partial charge in [0.25, 0.3) is 0 Å². The second kappa shape index (κ2) is 4.68. The van der Waals surface area contributed by atoms with E-state index in [-0.39, 0.29) is 13.0 Å². The van der Waals surface area contributed by atoms with Gasteiger partial charge in [0.1, 0.15) is 6.07 Å². The molecule has 0 aliphatic rings. The lowest BCUT2D eigenvalue weighted by atomic mass is 10.0. The van der Waals surface area contributed by atoms with Crippen LogP contribution in [0, 0.1) is 22.7 Å². The molecule has 0 bridgehead atoms. The van der Waals surface area contributed by atoms with Crippen LogP contribution in [0.3, 0.4) is 0 Å². The predicted octanol–water partition coefficient (Wildman–Crippen LogP) is 0.191. The molecule has 1 unspecified atom stereocenters. The Bertz CT molecular complexity index is 192. The van der Waals surface area contributed by atoms with Gasteiger partial charge in [-0.3, -0.25) is 0 Å². The first-order chi connectivity index (χ1) is 5.18. The Hall–Kier alpha value is -1.10. The quantitative estimate of drug-likeness (QED) is 0.586. The molecule has 1 atom stereocenters. The Labute approximate surface area is 65.6 Å². The summed E-state index contributed by atoms with van der Waals surface area (Å²) in [6.07, 6.45) is -0.219. The highest BCUT2D eigenvalue weighted by molar-refractivity contribution is 5.05. The van der Waals surface area contributed by atoms with E-state index in [1.807, 2.05) is 0 Å². The molecule has 4 nitrogen and oxygen atoms in total. The second-order valence-electron chi connectivity index (χ2n) is 2.12. The Morgan fingerprint density at radius 3 is 2.55 bits per heavy atom. The second-order valence-corrected chi connectivity index (χ2v) is 2.12. The number of aliphatic hydroxyl groups is 1. The molecule has 11 heavy (non-hydrogen) atoms. The number of nitrogens with zero attached hydrogens (tertiary/aromatic N) is 2. The van der Waals surface area contributed by atoms with Crippen LogP contribution in [0.4, 0.5) is 0 Å². The number of hydrogen-bond donors (Lipinski definition) is 1. The Morgan fingerprint density at radius 2 is 2.18 bits per heavy atom. The average Bonchev–Trinajstić information content (AvgIpc) is 2.02. The smallest absolute Gasteiger partial charge is 0.187 e. The van der Waals surface area contributed by atoms with E-state index in [1.54, 1.807) is 19.1 Å². The van der Waals surface area contributed by atoms with Gasteiger partial charge in [0.15, 0.2) is 5.60 Å². The summed E-state index contributed by atoms with van der Waals surface area (Å²) in [4.78, 5) is 0. The third kappa shape index (κ3) is 3.57. The van der Waals surface area contributed by atoms with Gasteiger partial charge < -0.3 is 9.84 Å². The van der Waals surface area contributed by atoms with Gasteiger partial charge >= 0.3 is 0 Å². The molecule has 0 aromatic carbocycles. The van der Waals surface area contributed by atoms with Crippen LogP contribution in [0.1, 0.15) is 13.3 Å². The molecule has 0 saturated carbocycles. The first-order valence-corrected chi connectivity index (χ1v) is 3.27. The van der Waals surface area contributed by atoms with E-state index in [4.69, 9.17) is 15.3 Å². The summed E-state index contributed by atoms with van der Waals surface area (Å²) < 4.78 is 4.82. The molecule has 60 valence electrons. The highest BCUT2D eigenvalue weighted by Gasteiger charge is 2.26. The normalized spacial score (nSPS) is 14.5. The van der Waals surface area contributed by atoms with Crippen molar-refractivity contribution in [1.82, 2.24) is 0 Å². The van der Waals surface area contributed by atoms with Crippen LogP contribution in [-0.4, -0.2) is 23.9 Å². The molecule has 0 aromatic heterocycles. The highest BCUT2D eigenvalue weighted by atomic mass is 16.5. The predicted molar refractivity (Wildman–Crippen MR) is 37.3 cm³/mol. The summed E-state index contributed by atoms with van der Waals surface area (Å²) >= 11 is 0. The zero-order valence-electron chi connectivity index (χ0n) is 6.37. The molecule has 0 spiro atoms. The van der Waals surface area contributed by atoms with Crippen LogP contribution in [0.25, 0.3) is 0 Å². The lowest BCUT2D eigenvalue weighted by Gasteiger charge is -2.15. The van der Waals surface area contributed by atoms with Crippen LogP contribution >= 0.6 is 0 Å². The summed E-state index contributed by atoms with van der Waals surface area (Å²) in [5.74, 6) is 0. The molecule has 0 fully saturated rings. The Morgan fingerprint density at radius 1 is 1.55 bits per heavy atom. The maximum Gasteiger partial charge on any atom is 0.187 e. The molecule has 0 amide bonds. The lowest BCUT2D eigenvalue weighted by molar-refractivity contribution is -0.000941. The van der Waals surface area contributed by atoms with Crippen molar-refractivity contribution in [1.29, 1.82) is 10.5 Å². The average molecular weight is 154 g/mol. The fourth-order valence-corrected chi connectivity index (χ4v) is 0.525. The van der Waals surface area contributed by atoms with Gasteiger partial charge in [-0.15, -0.1) is 0 Å². The van der Waals surface area contributed by atoms with E-state index in [0.717, 1.165) is 0 Å². The fraction of sp³-hybridized carbons (Fsp3) is 0.714. The molecular formula is C7H10N2O2. The van der Waals surface area contributed by atoms with Gasteiger partial charge in [0.05, 0.1) is 19.1 Å². The van der Waals surface area contributed by atoms with E-state index in [0.29, 0.717) is 6.61 Å². The summed E-state index contributed by atoms with van der Waals surface area (Å²) in [5, 5.41) is 25.9. The van der Waals surface area contributed by atoms with Crippen LogP contribution < -0.4 is 0 Å². The van der Waals surface area contributed by atoms with Crippen molar-refractivity contribution in [2.45, 2.75) is 18.9 Å². The van der Waals surface area contributed by atoms with Crippen molar-refractivity contribution in [2.24, 2.45) is 0 Å². The molecule has 0 aliphatic heterocycles. The van der Waals surface area contributed by atoms with Crippen molar-refractivity contribution in [2.75, 3.05) is 13.2 Å². The summed E-state index contributed by atoms with van der Waals surface area (Å²) in [6.45, 7) is 2.08. The van der Waals surface area contributed by atoms with Gasteiger partial charge in [-0.05, 0) is 6.92 Å². The minimum atomic E-state index is -1.63. The number of nitriles is 2. The van der Waals surface area contributed by atoms with Crippen LogP contribution in [0.2, 0.25) is 0 Å². The largest absolute Gasteiger partial charge is 0.378 e. The summed E-state index contributed by atoms with van der Waals surface area (Å²) in [7, 11) is 0. The number of ether oxygens (including phenoxy) is 1. The Balaban J connectivity index is 3.93. The first kappa shape index (κ1) is 9.90. The van der Waals surface area contributed by atoms with Gasteiger partial charge in [-0.1, -0.05) is 0 Å². The van der Waals surface area contributed by atoms with Crippen LogP contribution in [-0.2, 0) is 4.74 Å². The SMILES string of the molecule is CCOCC(O)(C#N)CC#N. The minimum Gasteiger partial charge on any atom is -0.378 e. The summed E-state index contributed by atoms with van der Waals surface area (Å²) in [6, 6.07) is 3.34. The van der Waals surface area contributed by atoms with E-state index in [2.05, 4.69) is 0 Å². The molecule has 0 rings (SSSR count). The minimum absolute atomic E-state index is 0.104. The van der Waals surface area contributed by atoms with Gasteiger partial charge in [-0.25, -0.2) is 0 Å². The maximum atomic E-state index is 9.24. The number of rotatable bonds is 4. The first-order valence-electron chi connectivity index (χ1n) is 3.27. The standard InChI is InChI=1S/C7H10N2O2/c1-2-11-6-7(10,5-9)3-4-8/h10H,2-3,6H2,1H3. The van der Waals surface area contributed by atoms with Crippen molar-refractivity contribution < 1.29 is 9.84 Å². The van der Waals surface area contributed by atoms with E-state index < -0.39 is 5.60 Å². The molecular weight excluding hydrogens is 144 g/mol.